The molecule has 2 aromatic rings. The SMILES string of the molecule is COc1cccc2nc(CC3CCCN3C)nn12. The summed E-state index contributed by atoms with van der Waals surface area (Å²) in [6.07, 6.45) is 3.43. The average molecular weight is 246 g/mol. The van der Waals surface area contributed by atoms with E-state index in [1.807, 2.05) is 18.2 Å². The fraction of sp³-hybridized carbons (Fsp3) is 0.538. The maximum atomic E-state index is 5.28. The van der Waals surface area contributed by atoms with E-state index in [0.29, 0.717) is 6.04 Å². The van der Waals surface area contributed by atoms with Crippen LogP contribution in [0.2, 0.25) is 0 Å². The number of hydrogen-bond donors (Lipinski definition) is 0. The third-order valence-electron chi connectivity index (χ3n) is 3.67. The van der Waals surface area contributed by atoms with E-state index in [-0.39, 0.29) is 0 Å². The molecule has 96 valence electrons. The summed E-state index contributed by atoms with van der Waals surface area (Å²) in [6.45, 7) is 1.18. The number of likely N-dealkylation sites (tertiary alicyclic amines) is 1. The Morgan fingerprint density at radius 1 is 1.44 bits per heavy atom. The van der Waals surface area contributed by atoms with Gasteiger partial charge in [-0.1, -0.05) is 6.07 Å². The van der Waals surface area contributed by atoms with Crippen LogP contribution in [0.15, 0.2) is 18.2 Å². The first-order valence-electron chi connectivity index (χ1n) is 6.37. The van der Waals surface area contributed by atoms with Gasteiger partial charge in [0.2, 0.25) is 5.88 Å². The minimum atomic E-state index is 0.577. The van der Waals surface area contributed by atoms with Gasteiger partial charge in [0.05, 0.1) is 7.11 Å². The highest BCUT2D eigenvalue weighted by Gasteiger charge is 2.22. The first kappa shape index (κ1) is 11.5. The highest BCUT2D eigenvalue weighted by atomic mass is 16.5. The quantitative estimate of drug-likeness (QED) is 0.820. The Hall–Kier alpha value is -1.62. The Kier molecular flexibility index (Phi) is 2.91. The van der Waals surface area contributed by atoms with Gasteiger partial charge < -0.3 is 9.64 Å². The molecule has 1 fully saturated rings. The van der Waals surface area contributed by atoms with Crippen LogP contribution < -0.4 is 4.74 Å². The van der Waals surface area contributed by atoms with Gasteiger partial charge in [0.15, 0.2) is 11.5 Å². The Balaban J connectivity index is 1.89. The second kappa shape index (κ2) is 4.57. The van der Waals surface area contributed by atoms with Crippen LogP contribution in [-0.2, 0) is 6.42 Å². The van der Waals surface area contributed by atoms with E-state index in [0.717, 1.165) is 23.8 Å². The van der Waals surface area contributed by atoms with Crippen LogP contribution in [0.4, 0.5) is 0 Å². The zero-order valence-corrected chi connectivity index (χ0v) is 10.8. The molecular formula is C13H18N4O. The molecule has 0 bridgehead atoms. The maximum Gasteiger partial charge on any atom is 0.216 e. The van der Waals surface area contributed by atoms with Crippen LogP contribution in [0.1, 0.15) is 18.7 Å². The Labute approximate surface area is 106 Å². The van der Waals surface area contributed by atoms with Gasteiger partial charge >= 0.3 is 0 Å². The predicted molar refractivity (Wildman–Crippen MR) is 68.9 cm³/mol. The smallest absolute Gasteiger partial charge is 0.216 e. The van der Waals surface area contributed by atoms with Crippen LogP contribution in [-0.4, -0.2) is 46.2 Å². The Morgan fingerprint density at radius 3 is 3.06 bits per heavy atom. The lowest BCUT2D eigenvalue weighted by atomic mass is 10.1. The van der Waals surface area contributed by atoms with E-state index in [2.05, 4.69) is 22.0 Å². The highest BCUT2D eigenvalue weighted by Crippen LogP contribution is 2.19. The number of nitrogens with zero attached hydrogens (tertiary/aromatic N) is 4. The van der Waals surface area contributed by atoms with Crippen LogP contribution in [0, 0.1) is 0 Å². The van der Waals surface area contributed by atoms with Crippen molar-refractivity contribution in [3.05, 3.63) is 24.0 Å². The molecule has 0 aliphatic carbocycles. The predicted octanol–water partition coefficient (Wildman–Crippen LogP) is 1.37. The average Bonchev–Trinajstić information content (AvgIpc) is 2.95. The second-order valence-electron chi connectivity index (χ2n) is 4.85. The number of ether oxygens (including phenoxy) is 1. The molecule has 1 unspecified atom stereocenters. The number of fused-ring (bicyclic) bond motifs is 1. The first-order chi connectivity index (χ1) is 8.78. The van der Waals surface area contributed by atoms with Crippen molar-refractivity contribution in [2.45, 2.75) is 25.3 Å². The molecule has 0 radical (unpaired) electrons. The van der Waals surface area contributed by atoms with Crippen molar-refractivity contribution in [1.29, 1.82) is 0 Å². The van der Waals surface area contributed by atoms with Crippen LogP contribution in [0.5, 0.6) is 5.88 Å². The van der Waals surface area contributed by atoms with Gasteiger partial charge in [0, 0.05) is 18.5 Å². The summed E-state index contributed by atoms with van der Waals surface area (Å²) in [7, 11) is 3.83. The van der Waals surface area contributed by atoms with Crippen molar-refractivity contribution in [3.63, 3.8) is 0 Å². The van der Waals surface area contributed by atoms with Gasteiger partial charge in [-0.15, -0.1) is 5.10 Å². The van der Waals surface area contributed by atoms with Crippen molar-refractivity contribution in [1.82, 2.24) is 19.5 Å². The molecule has 2 aromatic heterocycles. The highest BCUT2D eigenvalue weighted by molar-refractivity contribution is 5.40. The summed E-state index contributed by atoms with van der Waals surface area (Å²) in [5.41, 5.74) is 0.852. The van der Waals surface area contributed by atoms with Gasteiger partial charge in [0.25, 0.3) is 0 Å². The molecule has 5 heteroatoms. The fourth-order valence-corrected chi connectivity index (χ4v) is 2.61. The standard InChI is InChI=1S/C13H18N4O/c1-16-8-4-5-10(16)9-11-14-12-6-3-7-13(18-2)17(12)15-11/h3,6-7,10H,4-5,8-9H2,1-2H3. The number of likely N-dealkylation sites (N-methyl/N-ethyl adjacent to an activating group) is 1. The van der Waals surface area contributed by atoms with Gasteiger partial charge in [-0.25, -0.2) is 4.98 Å². The normalized spacial score (nSPS) is 20.7. The van der Waals surface area contributed by atoms with E-state index < -0.39 is 0 Å². The zero-order valence-electron chi connectivity index (χ0n) is 10.8. The lowest BCUT2D eigenvalue weighted by Crippen LogP contribution is -2.27. The first-order valence-corrected chi connectivity index (χ1v) is 6.37. The van der Waals surface area contributed by atoms with E-state index in [4.69, 9.17) is 4.74 Å². The third-order valence-corrected chi connectivity index (χ3v) is 3.67. The number of methoxy groups -OCH3 is 1. The number of rotatable bonds is 3. The van der Waals surface area contributed by atoms with Crippen molar-refractivity contribution in [2.24, 2.45) is 0 Å². The van der Waals surface area contributed by atoms with E-state index in [1.54, 1.807) is 11.6 Å². The van der Waals surface area contributed by atoms with E-state index in [1.165, 1.54) is 19.4 Å². The molecule has 1 aliphatic rings. The number of pyridine rings is 1. The summed E-state index contributed by atoms with van der Waals surface area (Å²) in [4.78, 5) is 6.96. The van der Waals surface area contributed by atoms with Crippen molar-refractivity contribution < 1.29 is 4.74 Å². The van der Waals surface area contributed by atoms with Gasteiger partial charge in [-0.05, 0) is 32.5 Å². The molecule has 0 N–H and O–H groups in total. The second-order valence-corrected chi connectivity index (χ2v) is 4.85. The molecule has 1 saturated heterocycles. The van der Waals surface area contributed by atoms with Crippen LogP contribution in [0.3, 0.4) is 0 Å². The van der Waals surface area contributed by atoms with Crippen molar-refractivity contribution in [3.8, 4) is 5.88 Å². The van der Waals surface area contributed by atoms with E-state index >= 15 is 0 Å². The molecule has 3 rings (SSSR count). The summed E-state index contributed by atoms with van der Waals surface area (Å²) in [5, 5.41) is 4.54. The Bertz CT molecular complexity index is 551. The molecule has 0 amide bonds. The van der Waals surface area contributed by atoms with Gasteiger partial charge in [-0.3, -0.25) is 0 Å². The van der Waals surface area contributed by atoms with Gasteiger partial charge in [-0.2, -0.15) is 4.52 Å². The molecule has 0 aromatic carbocycles. The molecule has 18 heavy (non-hydrogen) atoms. The maximum absolute atomic E-state index is 5.28. The third kappa shape index (κ3) is 1.95. The molecular weight excluding hydrogens is 228 g/mol. The molecule has 5 nitrogen and oxygen atoms in total. The summed E-state index contributed by atoms with van der Waals surface area (Å²) < 4.78 is 7.05. The lowest BCUT2D eigenvalue weighted by Gasteiger charge is -2.17. The van der Waals surface area contributed by atoms with Gasteiger partial charge in [0.1, 0.15) is 0 Å². The van der Waals surface area contributed by atoms with Crippen LogP contribution >= 0.6 is 0 Å². The molecule has 3 heterocycles. The number of aromatic nitrogens is 3. The molecule has 1 aliphatic heterocycles. The summed E-state index contributed by atoms with van der Waals surface area (Å²) in [6, 6.07) is 6.37. The number of hydrogen-bond acceptors (Lipinski definition) is 4. The summed E-state index contributed by atoms with van der Waals surface area (Å²) >= 11 is 0. The van der Waals surface area contributed by atoms with E-state index in [9.17, 15) is 0 Å². The topological polar surface area (TPSA) is 42.7 Å². The zero-order chi connectivity index (χ0) is 12.5. The monoisotopic (exact) mass is 246 g/mol. The molecule has 0 saturated carbocycles. The fourth-order valence-electron chi connectivity index (χ4n) is 2.61. The molecule has 0 spiro atoms. The van der Waals surface area contributed by atoms with Crippen molar-refractivity contribution >= 4 is 5.65 Å². The lowest BCUT2D eigenvalue weighted by molar-refractivity contribution is 0.305. The largest absolute Gasteiger partial charge is 0.481 e. The minimum Gasteiger partial charge on any atom is -0.481 e. The Morgan fingerprint density at radius 2 is 2.33 bits per heavy atom. The summed E-state index contributed by atoms with van der Waals surface area (Å²) in [5.74, 6) is 1.63. The van der Waals surface area contributed by atoms with Crippen molar-refractivity contribution in [2.75, 3.05) is 20.7 Å². The molecule has 1 atom stereocenters. The minimum absolute atomic E-state index is 0.577. The van der Waals surface area contributed by atoms with Crippen LogP contribution in [0.25, 0.3) is 5.65 Å².